The van der Waals surface area contributed by atoms with E-state index >= 15 is 9.13 Å². The molecule has 6 aromatic carbocycles. The van der Waals surface area contributed by atoms with E-state index in [1.54, 1.807) is 12.4 Å². The molecule has 61 heavy (non-hydrogen) atoms. The molecule has 0 N–H and O–H groups in total. The van der Waals surface area contributed by atoms with Crippen molar-refractivity contribution in [2.24, 2.45) is 0 Å². The second-order valence-corrected chi connectivity index (χ2v) is 19.1. The fraction of sp³-hybridized carbons (Fsp3) is 0. The van der Waals surface area contributed by atoms with Crippen molar-refractivity contribution in [3.8, 4) is 28.5 Å². The van der Waals surface area contributed by atoms with Crippen molar-refractivity contribution in [1.29, 1.82) is 0 Å². The van der Waals surface area contributed by atoms with E-state index in [9.17, 15) is 0 Å². The topological polar surface area (TPSA) is 104 Å². The van der Waals surface area contributed by atoms with Crippen molar-refractivity contribution in [3.05, 3.63) is 207 Å². The van der Waals surface area contributed by atoms with Gasteiger partial charge < -0.3 is 23.7 Å². The first-order valence-corrected chi connectivity index (χ1v) is 22.2. The molecule has 10 aromatic rings. The molecule has 0 aliphatic rings. The first-order chi connectivity index (χ1) is 29.0. The molecule has 4 heterocycles. The number of fused-ring (bicyclic) bond motifs is 3. The quantitative estimate of drug-likeness (QED) is 0.0836. The average molecular weight is 1100 g/mol. The molecule has 0 spiro atoms. The zero-order valence-corrected chi connectivity index (χ0v) is 37.5. The maximum absolute atomic E-state index is 16.0. The van der Waals surface area contributed by atoms with E-state index in [1.807, 2.05) is 162 Å². The normalized spacial score (nSPS) is 13.0. The zero-order chi connectivity index (χ0) is 39.8. The molecule has 10 rings (SSSR count). The average Bonchev–Trinajstić information content (AvgIpc) is 3.65. The van der Waals surface area contributed by atoms with Crippen molar-refractivity contribution in [2.75, 3.05) is 0 Å². The van der Waals surface area contributed by atoms with Gasteiger partial charge in [-0.2, -0.15) is 35.0 Å². The molecule has 0 bridgehead atoms. The standard InChI is InChI=1S/C49H30N6O2P2.Pd.Pt/c56-58(37-15-3-1-4-16-37,39-19-11-13-35(29-39)45-21-7-9-27-51-45)41-23-25-43-44-26-24-42(32-48(44)55(47(43)31-41)49-53-33-50-34-54-49)59(57,38-17-5-2-6-18-38)40-20-12-14-36(30-40)46-22-8-10-28-52-46;;/h1-28,33-34H;;/q-4;2*+2. The van der Waals surface area contributed by atoms with Gasteiger partial charge in [-0.25, -0.2) is 15.0 Å². The Kier molecular flexibility index (Phi) is 12.2. The van der Waals surface area contributed by atoms with Crippen LogP contribution in [0.25, 0.3) is 50.3 Å². The molecule has 0 saturated carbocycles. The Balaban J connectivity index is 0.00000257. The number of pyridine rings is 2. The second-order valence-electron chi connectivity index (χ2n) is 13.7. The summed E-state index contributed by atoms with van der Waals surface area (Å²) in [6.07, 6.45) is 6.31. The van der Waals surface area contributed by atoms with Crippen molar-refractivity contribution in [1.82, 2.24) is 29.5 Å². The Morgan fingerprint density at radius 3 is 1.28 bits per heavy atom. The molecular weight excluding hydrogens is 1070 g/mol. The Morgan fingerprint density at radius 1 is 0.426 bits per heavy atom. The van der Waals surface area contributed by atoms with Crippen molar-refractivity contribution in [2.45, 2.75) is 0 Å². The SMILES string of the molecule is O=P(c1[c-]c(-c2ccccn2)ccc1)(c1[c-]c2c(cc1)c1ccc(P(=O)(c3[c-]c(-c4ccccn4)ccc3)c3ccccc3)[c-]c1n2-c1ncncn1)c1ccccc1.[Pd+2].[Pt+2]. The van der Waals surface area contributed by atoms with E-state index in [0.29, 0.717) is 48.8 Å². The van der Waals surface area contributed by atoms with Crippen LogP contribution in [0.5, 0.6) is 0 Å². The van der Waals surface area contributed by atoms with Crippen molar-refractivity contribution >= 4 is 67.9 Å². The third kappa shape index (κ3) is 7.53. The van der Waals surface area contributed by atoms with Gasteiger partial charge in [-0.15, -0.1) is 71.8 Å². The van der Waals surface area contributed by atoms with Crippen LogP contribution in [-0.2, 0) is 50.6 Å². The molecule has 0 saturated heterocycles. The molecule has 12 heteroatoms. The minimum absolute atomic E-state index is 0. The largest absolute Gasteiger partial charge is 2.00 e. The molecule has 298 valence electrons. The Bertz CT molecular complexity index is 3040. The molecule has 8 nitrogen and oxygen atoms in total. The third-order valence-electron chi connectivity index (χ3n) is 10.3. The van der Waals surface area contributed by atoms with Crippen LogP contribution in [0.2, 0.25) is 0 Å². The number of rotatable bonds is 9. The molecule has 0 fully saturated rings. The Labute approximate surface area is 380 Å². The van der Waals surface area contributed by atoms with Crippen molar-refractivity contribution in [3.63, 3.8) is 0 Å². The molecular formula is C49H30N6O2P2PdPt. The molecule has 2 unspecified atom stereocenters. The molecule has 4 aromatic heterocycles. The van der Waals surface area contributed by atoms with E-state index < -0.39 is 14.3 Å². The van der Waals surface area contributed by atoms with E-state index in [0.717, 1.165) is 33.3 Å². The molecule has 0 aliphatic heterocycles. The first kappa shape index (κ1) is 42.0. The summed E-state index contributed by atoms with van der Waals surface area (Å²) in [6, 6.07) is 63.3. The van der Waals surface area contributed by atoms with E-state index in [1.165, 1.54) is 12.7 Å². The minimum atomic E-state index is -3.60. The number of hydrogen-bond acceptors (Lipinski definition) is 7. The number of hydrogen-bond donors (Lipinski definition) is 0. The third-order valence-corrected chi connectivity index (χ3v) is 16.1. The van der Waals surface area contributed by atoms with Crippen LogP contribution in [0.4, 0.5) is 0 Å². The summed E-state index contributed by atoms with van der Waals surface area (Å²) in [7, 11) is -7.20. The van der Waals surface area contributed by atoms with Crippen LogP contribution in [0.3, 0.4) is 0 Å². The van der Waals surface area contributed by atoms with Gasteiger partial charge in [0, 0.05) is 23.0 Å². The van der Waals surface area contributed by atoms with Crippen LogP contribution in [0.15, 0.2) is 183 Å². The van der Waals surface area contributed by atoms with Gasteiger partial charge in [-0.1, -0.05) is 117 Å². The number of aromatic nitrogens is 6. The van der Waals surface area contributed by atoms with Gasteiger partial charge in [0.2, 0.25) is 5.95 Å². The van der Waals surface area contributed by atoms with Crippen LogP contribution in [0.1, 0.15) is 0 Å². The first-order valence-electron chi connectivity index (χ1n) is 18.8. The summed E-state index contributed by atoms with van der Waals surface area (Å²) >= 11 is 0. The smallest absolute Gasteiger partial charge is 0.328 e. The van der Waals surface area contributed by atoms with Gasteiger partial charge in [0.1, 0.15) is 26.9 Å². The Hall–Kier alpha value is -5.76. The van der Waals surface area contributed by atoms with Crippen LogP contribution in [-0.4, -0.2) is 29.5 Å². The number of benzene rings is 6. The van der Waals surface area contributed by atoms with E-state index in [4.69, 9.17) is 0 Å². The molecule has 0 radical (unpaired) electrons. The summed E-state index contributed by atoms with van der Waals surface area (Å²) < 4.78 is 33.7. The Morgan fingerprint density at radius 2 is 0.852 bits per heavy atom. The van der Waals surface area contributed by atoms with E-state index in [-0.39, 0.29) is 41.5 Å². The van der Waals surface area contributed by atoms with Gasteiger partial charge in [-0.05, 0) is 23.5 Å². The second kappa shape index (κ2) is 17.7. The fourth-order valence-corrected chi connectivity index (χ4v) is 12.5. The summed E-state index contributed by atoms with van der Waals surface area (Å²) in [5.41, 5.74) is 4.06. The molecule has 2 atom stereocenters. The van der Waals surface area contributed by atoms with Gasteiger partial charge in [0.05, 0.1) is 0 Å². The van der Waals surface area contributed by atoms with Gasteiger partial charge in [0.15, 0.2) is 0 Å². The van der Waals surface area contributed by atoms with Crippen molar-refractivity contribution < 1.29 is 50.6 Å². The molecule has 0 amide bonds. The summed E-state index contributed by atoms with van der Waals surface area (Å²) in [5.74, 6) is 0.304. The monoisotopic (exact) mass is 1100 g/mol. The summed E-state index contributed by atoms with van der Waals surface area (Å²) in [5, 5.41) is 4.86. The predicted octanol–water partition coefficient (Wildman–Crippen LogP) is 7.57. The zero-order valence-electron chi connectivity index (χ0n) is 31.8. The van der Waals surface area contributed by atoms with Crippen LogP contribution >= 0.6 is 14.3 Å². The minimum Gasteiger partial charge on any atom is -0.328 e. The number of nitrogens with zero attached hydrogens (tertiary/aromatic N) is 6. The van der Waals surface area contributed by atoms with Gasteiger partial charge >= 0.3 is 41.5 Å². The predicted molar refractivity (Wildman–Crippen MR) is 235 cm³/mol. The van der Waals surface area contributed by atoms with Gasteiger partial charge in [-0.3, -0.25) is 0 Å². The fourth-order valence-electron chi connectivity index (χ4n) is 7.47. The van der Waals surface area contributed by atoms with Crippen LogP contribution < -0.4 is 31.8 Å². The summed E-state index contributed by atoms with van der Waals surface area (Å²) in [4.78, 5) is 22.3. The maximum atomic E-state index is 16.0. The molecule has 0 aliphatic carbocycles. The maximum Gasteiger partial charge on any atom is 2.00 e. The summed E-state index contributed by atoms with van der Waals surface area (Å²) in [6.45, 7) is 0. The van der Waals surface area contributed by atoms with E-state index in [2.05, 4.69) is 49.2 Å². The van der Waals surface area contributed by atoms with Crippen LogP contribution in [0, 0.1) is 24.3 Å². The van der Waals surface area contributed by atoms with Gasteiger partial charge in [0.25, 0.3) is 0 Å².